The molecule has 1 aliphatic rings. The van der Waals surface area contributed by atoms with Crippen LogP contribution in [0.2, 0.25) is 0 Å². The standard InChI is InChI=1S/C10H18N2O2/c1-2-3-9(13)8-4-6-12(7-5-8)10(11)14/h8H,2-7H2,1H3,(H2,11,14). The summed E-state index contributed by atoms with van der Waals surface area (Å²) in [6.45, 7) is 3.28. The molecule has 0 spiro atoms. The summed E-state index contributed by atoms with van der Waals surface area (Å²) in [5.74, 6) is 0.502. The molecule has 1 fully saturated rings. The van der Waals surface area contributed by atoms with E-state index in [0.717, 1.165) is 19.3 Å². The molecule has 1 rings (SSSR count). The molecule has 0 aromatic carbocycles. The smallest absolute Gasteiger partial charge is 0.314 e. The van der Waals surface area contributed by atoms with Gasteiger partial charge in [0, 0.05) is 25.4 Å². The third-order valence-corrected chi connectivity index (χ3v) is 2.76. The van der Waals surface area contributed by atoms with Gasteiger partial charge >= 0.3 is 6.03 Å². The Morgan fingerprint density at radius 2 is 1.93 bits per heavy atom. The van der Waals surface area contributed by atoms with E-state index in [2.05, 4.69) is 0 Å². The van der Waals surface area contributed by atoms with Crippen LogP contribution in [0.4, 0.5) is 4.79 Å². The van der Waals surface area contributed by atoms with E-state index in [1.165, 1.54) is 0 Å². The van der Waals surface area contributed by atoms with Crippen LogP contribution >= 0.6 is 0 Å². The van der Waals surface area contributed by atoms with Gasteiger partial charge in [-0.3, -0.25) is 4.79 Å². The van der Waals surface area contributed by atoms with Crippen molar-refractivity contribution in [2.24, 2.45) is 11.7 Å². The summed E-state index contributed by atoms with van der Waals surface area (Å²) in [4.78, 5) is 24.0. The van der Waals surface area contributed by atoms with Crippen molar-refractivity contribution in [1.82, 2.24) is 4.90 Å². The summed E-state index contributed by atoms with van der Waals surface area (Å²) in [6, 6.07) is -0.369. The molecular formula is C10H18N2O2. The number of rotatable bonds is 3. The predicted octanol–water partition coefficient (Wildman–Crippen LogP) is 1.15. The summed E-state index contributed by atoms with van der Waals surface area (Å²) in [5.41, 5.74) is 5.15. The van der Waals surface area contributed by atoms with E-state index in [1.807, 2.05) is 6.92 Å². The van der Waals surface area contributed by atoms with Crippen molar-refractivity contribution in [3.63, 3.8) is 0 Å². The molecular weight excluding hydrogens is 180 g/mol. The zero-order chi connectivity index (χ0) is 10.6. The van der Waals surface area contributed by atoms with Gasteiger partial charge in [0.2, 0.25) is 0 Å². The van der Waals surface area contributed by atoms with Gasteiger partial charge in [-0.25, -0.2) is 4.79 Å². The van der Waals surface area contributed by atoms with Crippen molar-refractivity contribution in [3.05, 3.63) is 0 Å². The Labute approximate surface area is 84.4 Å². The first-order chi connectivity index (χ1) is 6.65. The Balaban J connectivity index is 2.35. The molecule has 80 valence electrons. The number of ketones is 1. The fourth-order valence-electron chi connectivity index (χ4n) is 1.87. The molecule has 0 saturated carbocycles. The number of amides is 2. The van der Waals surface area contributed by atoms with Gasteiger partial charge in [-0.05, 0) is 19.3 Å². The molecule has 14 heavy (non-hydrogen) atoms. The lowest BCUT2D eigenvalue weighted by atomic mass is 9.90. The van der Waals surface area contributed by atoms with E-state index >= 15 is 0 Å². The molecule has 0 bridgehead atoms. The Morgan fingerprint density at radius 3 is 2.36 bits per heavy atom. The molecule has 0 aromatic heterocycles. The third-order valence-electron chi connectivity index (χ3n) is 2.76. The van der Waals surface area contributed by atoms with Gasteiger partial charge in [0.25, 0.3) is 0 Å². The fourth-order valence-corrected chi connectivity index (χ4v) is 1.87. The average Bonchev–Trinajstić information content (AvgIpc) is 2.18. The highest BCUT2D eigenvalue weighted by molar-refractivity contribution is 5.81. The number of likely N-dealkylation sites (tertiary alicyclic amines) is 1. The summed E-state index contributed by atoms with van der Waals surface area (Å²) in [6.07, 6.45) is 3.14. The molecule has 2 N–H and O–H groups in total. The molecule has 1 heterocycles. The predicted molar refractivity (Wildman–Crippen MR) is 53.8 cm³/mol. The van der Waals surface area contributed by atoms with Gasteiger partial charge in [0.05, 0.1) is 0 Å². The van der Waals surface area contributed by atoms with Crippen LogP contribution in [-0.2, 0) is 4.79 Å². The first-order valence-electron chi connectivity index (χ1n) is 5.22. The van der Waals surface area contributed by atoms with Gasteiger partial charge in [-0.15, -0.1) is 0 Å². The zero-order valence-electron chi connectivity index (χ0n) is 8.66. The first kappa shape index (κ1) is 11.0. The molecule has 0 unspecified atom stereocenters. The molecule has 4 heteroatoms. The van der Waals surface area contributed by atoms with Crippen LogP contribution in [0.15, 0.2) is 0 Å². The van der Waals surface area contributed by atoms with E-state index < -0.39 is 0 Å². The second-order valence-electron chi connectivity index (χ2n) is 3.82. The lowest BCUT2D eigenvalue weighted by Gasteiger charge is -2.29. The van der Waals surface area contributed by atoms with Crippen LogP contribution in [-0.4, -0.2) is 29.8 Å². The quantitative estimate of drug-likeness (QED) is 0.739. The van der Waals surface area contributed by atoms with Crippen molar-refractivity contribution in [2.75, 3.05) is 13.1 Å². The van der Waals surface area contributed by atoms with Crippen molar-refractivity contribution in [2.45, 2.75) is 32.6 Å². The second kappa shape index (κ2) is 4.98. The van der Waals surface area contributed by atoms with Crippen LogP contribution < -0.4 is 5.73 Å². The fraction of sp³-hybridized carbons (Fsp3) is 0.800. The van der Waals surface area contributed by atoms with Crippen LogP contribution in [0.25, 0.3) is 0 Å². The average molecular weight is 198 g/mol. The largest absolute Gasteiger partial charge is 0.351 e. The number of nitrogens with two attached hydrogens (primary N) is 1. The number of piperidine rings is 1. The number of carbonyl (C=O) groups excluding carboxylic acids is 2. The van der Waals surface area contributed by atoms with E-state index in [-0.39, 0.29) is 11.9 Å². The number of carbonyl (C=O) groups is 2. The monoisotopic (exact) mass is 198 g/mol. The van der Waals surface area contributed by atoms with Crippen molar-refractivity contribution >= 4 is 11.8 Å². The number of Topliss-reactive ketones (excluding diaryl/α,β-unsaturated/α-hetero) is 1. The summed E-state index contributed by atoms with van der Waals surface area (Å²) in [5, 5.41) is 0. The highest BCUT2D eigenvalue weighted by Crippen LogP contribution is 2.19. The maximum atomic E-state index is 11.5. The minimum absolute atomic E-state index is 0.158. The van der Waals surface area contributed by atoms with Gasteiger partial charge in [-0.1, -0.05) is 6.92 Å². The molecule has 0 atom stereocenters. The van der Waals surface area contributed by atoms with Gasteiger partial charge in [-0.2, -0.15) is 0 Å². The maximum Gasteiger partial charge on any atom is 0.314 e. The van der Waals surface area contributed by atoms with E-state index in [9.17, 15) is 9.59 Å². The lowest BCUT2D eigenvalue weighted by molar-refractivity contribution is -0.124. The second-order valence-corrected chi connectivity index (χ2v) is 3.82. The molecule has 2 amide bonds. The van der Waals surface area contributed by atoms with Crippen molar-refractivity contribution in [1.29, 1.82) is 0 Å². The number of primary amides is 1. The number of urea groups is 1. The Morgan fingerprint density at radius 1 is 1.36 bits per heavy atom. The minimum atomic E-state index is -0.369. The summed E-state index contributed by atoms with van der Waals surface area (Å²) in [7, 11) is 0. The van der Waals surface area contributed by atoms with Crippen LogP contribution in [0.1, 0.15) is 32.6 Å². The molecule has 0 aliphatic carbocycles. The zero-order valence-corrected chi connectivity index (χ0v) is 8.66. The molecule has 0 aromatic rings. The van der Waals surface area contributed by atoms with E-state index in [1.54, 1.807) is 4.90 Å². The van der Waals surface area contributed by atoms with Crippen molar-refractivity contribution < 1.29 is 9.59 Å². The summed E-state index contributed by atoms with van der Waals surface area (Å²) < 4.78 is 0. The normalized spacial score (nSPS) is 18.2. The Kier molecular flexibility index (Phi) is 3.92. The van der Waals surface area contributed by atoms with Crippen LogP contribution in [0.5, 0.6) is 0 Å². The SMILES string of the molecule is CCCC(=O)C1CCN(C(N)=O)CC1. The van der Waals surface area contributed by atoms with E-state index in [4.69, 9.17) is 5.73 Å². The molecule has 1 saturated heterocycles. The number of hydrogen-bond acceptors (Lipinski definition) is 2. The highest BCUT2D eigenvalue weighted by atomic mass is 16.2. The summed E-state index contributed by atoms with van der Waals surface area (Å²) >= 11 is 0. The topological polar surface area (TPSA) is 63.4 Å². The lowest BCUT2D eigenvalue weighted by Crippen LogP contribution is -2.42. The highest BCUT2D eigenvalue weighted by Gasteiger charge is 2.25. The molecule has 4 nitrogen and oxygen atoms in total. The van der Waals surface area contributed by atoms with Crippen LogP contribution in [0.3, 0.4) is 0 Å². The van der Waals surface area contributed by atoms with Gasteiger partial charge in [0.1, 0.15) is 5.78 Å². The molecule has 1 aliphatic heterocycles. The van der Waals surface area contributed by atoms with Crippen molar-refractivity contribution in [3.8, 4) is 0 Å². The Hall–Kier alpha value is -1.06. The number of nitrogens with zero attached hydrogens (tertiary/aromatic N) is 1. The maximum absolute atomic E-state index is 11.5. The third kappa shape index (κ3) is 2.72. The van der Waals surface area contributed by atoms with Crippen LogP contribution in [0, 0.1) is 5.92 Å². The first-order valence-corrected chi connectivity index (χ1v) is 5.22. The Bertz CT molecular complexity index is 220. The van der Waals surface area contributed by atoms with Gasteiger partial charge < -0.3 is 10.6 Å². The van der Waals surface area contributed by atoms with E-state index in [0.29, 0.717) is 25.3 Å². The number of hydrogen-bond donors (Lipinski definition) is 1. The van der Waals surface area contributed by atoms with Gasteiger partial charge in [0.15, 0.2) is 0 Å². The molecule has 0 radical (unpaired) electrons. The minimum Gasteiger partial charge on any atom is -0.351 e.